The van der Waals surface area contributed by atoms with E-state index in [1.807, 2.05) is 17.4 Å². The maximum Gasteiger partial charge on any atom is 0.0555 e. The molecular formula is C19H27N3S. The van der Waals surface area contributed by atoms with Crippen molar-refractivity contribution in [3.8, 4) is 0 Å². The van der Waals surface area contributed by atoms with Crippen LogP contribution < -0.4 is 10.6 Å². The largest absolute Gasteiger partial charge is 0.369 e. The first-order chi connectivity index (χ1) is 11.3. The molecule has 124 valence electrons. The molecule has 0 unspecified atom stereocenters. The number of rotatable bonds is 6. The van der Waals surface area contributed by atoms with Crippen LogP contribution in [0.2, 0.25) is 0 Å². The SMILES string of the molecule is C=Cc1ccc2c(N3CCCN(CCCCN)CC3)csc2c1. The topological polar surface area (TPSA) is 32.5 Å². The van der Waals surface area contributed by atoms with E-state index in [9.17, 15) is 0 Å². The first-order valence-electron chi connectivity index (χ1n) is 8.63. The second kappa shape index (κ2) is 7.95. The number of nitrogens with zero attached hydrogens (tertiary/aromatic N) is 2. The fraction of sp³-hybridized carbons (Fsp3) is 0.474. The normalized spacial score (nSPS) is 16.7. The molecule has 0 bridgehead atoms. The number of unbranched alkanes of at least 4 members (excludes halogenated alkanes) is 1. The Hall–Kier alpha value is -1.36. The third kappa shape index (κ3) is 3.94. The molecule has 3 nitrogen and oxygen atoms in total. The second-order valence-corrected chi connectivity index (χ2v) is 7.17. The van der Waals surface area contributed by atoms with Crippen LogP contribution in [0.3, 0.4) is 0 Å². The molecule has 0 saturated carbocycles. The molecule has 23 heavy (non-hydrogen) atoms. The molecule has 0 aliphatic carbocycles. The third-order valence-corrected chi connectivity index (χ3v) is 5.61. The van der Waals surface area contributed by atoms with Crippen LogP contribution in [0.5, 0.6) is 0 Å². The number of hydrogen-bond acceptors (Lipinski definition) is 4. The smallest absolute Gasteiger partial charge is 0.0555 e. The summed E-state index contributed by atoms with van der Waals surface area (Å²) in [4.78, 5) is 5.16. The minimum atomic E-state index is 0.813. The van der Waals surface area contributed by atoms with Gasteiger partial charge in [-0.2, -0.15) is 0 Å². The lowest BCUT2D eigenvalue weighted by Crippen LogP contribution is -2.31. The van der Waals surface area contributed by atoms with Gasteiger partial charge >= 0.3 is 0 Å². The number of thiophene rings is 1. The average Bonchev–Trinajstić information content (AvgIpc) is 2.86. The van der Waals surface area contributed by atoms with Crippen molar-refractivity contribution in [1.29, 1.82) is 0 Å². The molecule has 1 aromatic carbocycles. The van der Waals surface area contributed by atoms with Gasteiger partial charge in [0.15, 0.2) is 0 Å². The fourth-order valence-electron chi connectivity index (χ4n) is 3.32. The van der Waals surface area contributed by atoms with Crippen molar-refractivity contribution in [3.63, 3.8) is 0 Å². The van der Waals surface area contributed by atoms with Crippen LogP contribution in [0.1, 0.15) is 24.8 Å². The zero-order chi connectivity index (χ0) is 16.1. The highest BCUT2D eigenvalue weighted by molar-refractivity contribution is 7.17. The summed E-state index contributed by atoms with van der Waals surface area (Å²) in [6.07, 6.45) is 5.53. The molecule has 3 rings (SSSR count). The number of anilines is 1. The highest BCUT2D eigenvalue weighted by Gasteiger charge is 2.17. The summed E-state index contributed by atoms with van der Waals surface area (Å²) < 4.78 is 1.36. The van der Waals surface area contributed by atoms with E-state index in [0.717, 1.165) is 32.6 Å². The van der Waals surface area contributed by atoms with Crippen LogP contribution in [-0.2, 0) is 0 Å². The van der Waals surface area contributed by atoms with Gasteiger partial charge in [0.1, 0.15) is 0 Å². The molecule has 1 aliphatic heterocycles. The maximum atomic E-state index is 5.60. The van der Waals surface area contributed by atoms with Gasteiger partial charge in [-0.05, 0) is 50.5 Å². The van der Waals surface area contributed by atoms with Crippen LogP contribution in [0, 0.1) is 0 Å². The van der Waals surface area contributed by atoms with Crippen molar-refractivity contribution in [2.24, 2.45) is 5.73 Å². The predicted octanol–water partition coefficient (Wildman–Crippen LogP) is 3.80. The van der Waals surface area contributed by atoms with E-state index in [1.54, 1.807) is 0 Å². The van der Waals surface area contributed by atoms with Crippen molar-refractivity contribution >= 4 is 33.2 Å². The Morgan fingerprint density at radius 2 is 2.09 bits per heavy atom. The first-order valence-corrected chi connectivity index (χ1v) is 9.51. The van der Waals surface area contributed by atoms with Crippen molar-refractivity contribution in [2.75, 3.05) is 44.2 Å². The predicted molar refractivity (Wildman–Crippen MR) is 103 cm³/mol. The average molecular weight is 330 g/mol. The lowest BCUT2D eigenvalue weighted by molar-refractivity contribution is 0.288. The summed E-state index contributed by atoms with van der Waals surface area (Å²) in [5.74, 6) is 0. The number of fused-ring (bicyclic) bond motifs is 1. The molecule has 1 aliphatic rings. The van der Waals surface area contributed by atoms with E-state index in [-0.39, 0.29) is 0 Å². The van der Waals surface area contributed by atoms with Gasteiger partial charge in [-0.1, -0.05) is 24.8 Å². The first kappa shape index (κ1) is 16.5. The van der Waals surface area contributed by atoms with E-state index >= 15 is 0 Å². The van der Waals surface area contributed by atoms with E-state index < -0.39 is 0 Å². The van der Waals surface area contributed by atoms with Crippen LogP contribution >= 0.6 is 11.3 Å². The minimum absolute atomic E-state index is 0.813. The van der Waals surface area contributed by atoms with Crippen LogP contribution in [0.4, 0.5) is 5.69 Å². The lowest BCUT2D eigenvalue weighted by Gasteiger charge is -2.23. The van der Waals surface area contributed by atoms with Crippen LogP contribution in [-0.4, -0.2) is 44.2 Å². The summed E-state index contributed by atoms with van der Waals surface area (Å²) in [5, 5.41) is 3.71. The molecule has 0 radical (unpaired) electrons. The van der Waals surface area contributed by atoms with Crippen molar-refractivity contribution in [2.45, 2.75) is 19.3 Å². The molecular weight excluding hydrogens is 302 g/mol. The standard InChI is InChI=1S/C19H27N3S/c1-2-16-6-7-17-18(15-23-19(17)14-16)22-11-5-10-21(12-13-22)9-4-3-8-20/h2,6-7,14-15H,1,3-5,8-13,20H2. The molecule has 0 atom stereocenters. The summed E-state index contributed by atoms with van der Waals surface area (Å²) >= 11 is 1.84. The Labute approximate surface area is 143 Å². The van der Waals surface area contributed by atoms with Crippen LogP contribution in [0.25, 0.3) is 16.2 Å². The summed E-state index contributed by atoms with van der Waals surface area (Å²) in [6.45, 7) is 10.5. The number of hydrogen-bond donors (Lipinski definition) is 1. The van der Waals surface area contributed by atoms with E-state index in [4.69, 9.17) is 5.73 Å². The van der Waals surface area contributed by atoms with Gasteiger partial charge in [0.25, 0.3) is 0 Å². The number of nitrogens with two attached hydrogens (primary N) is 1. The second-order valence-electron chi connectivity index (χ2n) is 6.26. The van der Waals surface area contributed by atoms with Gasteiger partial charge in [-0.25, -0.2) is 0 Å². The van der Waals surface area contributed by atoms with Crippen LogP contribution in [0.15, 0.2) is 30.2 Å². The van der Waals surface area contributed by atoms with Gasteiger partial charge in [-0.3, -0.25) is 0 Å². The minimum Gasteiger partial charge on any atom is -0.369 e. The Bertz CT molecular complexity index is 649. The van der Waals surface area contributed by atoms with Crippen molar-refractivity contribution < 1.29 is 0 Å². The Balaban J connectivity index is 1.69. The highest BCUT2D eigenvalue weighted by atomic mass is 32.1. The lowest BCUT2D eigenvalue weighted by atomic mass is 10.1. The Morgan fingerprint density at radius 1 is 1.17 bits per heavy atom. The fourth-order valence-corrected chi connectivity index (χ4v) is 4.34. The Morgan fingerprint density at radius 3 is 2.91 bits per heavy atom. The van der Waals surface area contributed by atoms with Gasteiger partial charge in [0.05, 0.1) is 5.69 Å². The zero-order valence-electron chi connectivity index (χ0n) is 13.8. The molecule has 1 aromatic heterocycles. The molecule has 0 amide bonds. The molecule has 1 saturated heterocycles. The maximum absolute atomic E-state index is 5.60. The third-order valence-electron chi connectivity index (χ3n) is 4.67. The molecule has 2 N–H and O–H groups in total. The van der Waals surface area contributed by atoms with Gasteiger partial charge in [-0.15, -0.1) is 11.3 Å². The van der Waals surface area contributed by atoms with Crippen molar-refractivity contribution in [1.82, 2.24) is 4.90 Å². The zero-order valence-corrected chi connectivity index (χ0v) is 14.7. The molecule has 1 fully saturated rings. The molecule has 2 aromatic rings. The van der Waals surface area contributed by atoms with E-state index in [1.165, 1.54) is 47.3 Å². The van der Waals surface area contributed by atoms with E-state index in [0.29, 0.717) is 0 Å². The number of benzene rings is 1. The summed E-state index contributed by atoms with van der Waals surface area (Å²) in [6, 6.07) is 6.66. The summed E-state index contributed by atoms with van der Waals surface area (Å²) in [5.41, 5.74) is 8.21. The summed E-state index contributed by atoms with van der Waals surface area (Å²) in [7, 11) is 0. The van der Waals surface area contributed by atoms with E-state index in [2.05, 4.69) is 40.0 Å². The van der Waals surface area contributed by atoms with Crippen molar-refractivity contribution in [3.05, 3.63) is 35.7 Å². The molecule has 4 heteroatoms. The molecule has 0 spiro atoms. The quantitative estimate of drug-likeness (QED) is 0.818. The van der Waals surface area contributed by atoms with Gasteiger partial charge in [0, 0.05) is 35.1 Å². The van der Waals surface area contributed by atoms with Gasteiger partial charge < -0.3 is 15.5 Å². The van der Waals surface area contributed by atoms with Gasteiger partial charge in [0.2, 0.25) is 0 Å². The molecule has 2 heterocycles. The Kier molecular flexibility index (Phi) is 5.70. The monoisotopic (exact) mass is 329 g/mol. The highest BCUT2D eigenvalue weighted by Crippen LogP contribution is 2.34.